The fourth-order valence-corrected chi connectivity index (χ4v) is 3.56. The number of pyridine rings is 1. The maximum atomic E-state index is 4.96. The summed E-state index contributed by atoms with van der Waals surface area (Å²) >= 11 is 0. The fourth-order valence-electron chi connectivity index (χ4n) is 3.56. The average molecular weight is 332 g/mol. The Morgan fingerprint density at radius 3 is 1.75 bits per heavy atom. The monoisotopic (exact) mass is 331 g/mol. The van der Waals surface area contributed by atoms with E-state index < -0.39 is 0 Å². The largest absolute Gasteiger partial charge is 0.342 e. The predicted octanol–water partition coefficient (Wildman–Crippen LogP) is 2.84. The van der Waals surface area contributed by atoms with Crippen LogP contribution in [-0.4, -0.2) is 67.4 Å². The zero-order chi connectivity index (χ0) is 16.8. The highest BCUT2D eigenvalue weighted by molar-refractivity contribution is 5.49. The molecule has 2 aliphatic rings. The van der Waals surface area contributed by atoms with E-state index >= 15 is 0 Å². The van der Waals surface area contributed by atoms with Gasteiger partial charge in [0.25, 0.3) is 0 Å². The Morgan fingerprint density at radius 1 is 0.792 bits per heavy atom. The highest BCUT2D eigenvalue weighted by Gasteiger charge is 2.23. The molecule has 0 atom stereocenters. The Labute approximate surface area is 147 Å². The van der Waals surface area contributed by atoms with E-state index in [0.717, 1.165) is 38.1 Å². The molecule has 0 amide bonds. The van der Waals surface area contributed by atoms with Crippen LogP contribution in [0.1, 0.15) is 39.5 Å². The Balaban J connectivity index is 1.57. The second-order valence-electron chi connectivity index (χ2n) is 7.11. The number of anilines is 2. The molecule has 0 radical (unpaired) electrons. The molecule has 1 aromatic heterocycles. The highest BCUT2D eigenvalue weighted by Crippen LogP contribution is 2.22. The summed E-state index contributed by atoms with van der Waals surface area (Å²) in [5.41, 5.74) is 0. The van der Waals surface area contributed by atoms with E-state index in [1.807, 2.05) is 0 Å². The van der Waals surface area contributed by atoms with Crippen LogP contribution in [0.25, 0.3) is 0 Å². The fraction of sp³-hybridized carbons (Fsp3) is 0.737. The van der Waals surface area contributed by atoms with E-state index in [-0.39, 0.29) is 0 Å². The van der Waals surface area contributed by atoms with Crippen LogP contribution in [0, 0.1) is 0 Å². The third-order valence-corrected chi connectivity index (χ3v) is 5.14. The molecule has 2 saturated heterocycles. The molecule has 1 aromatic rings. The minimum Gasteiger partial charge on any atom is -0.342 e. The van der Waals surface area contributed by atoms with Crippen molar-refractivity contribution >= 4 is 11.6 Å². The summed E-state index contributed by atoms with van der Waals surface area (Å²) in [5, 5.41) is 0. The lowest BCUT2D eigenvalue weighted by atomic mass is 10.3. The number of aromatic nitrogens is 1. The molecule has 0 bridgehead atoms. The van der Waals surface area contributed by atoms with E-state index in [2.05, 4.69) is 51.6 Å². The third kappa shape index (κ3) is 4.39. The quantitative estimate of drug-likeness (QED) is 0.730. The van der Waals surface area contributed by atoms with Gasteiger partial charge in [0.15, 0.2) is 0 Å². The maximum Gasteiger partial charge on any atom is 0.132 e. The Morgan fingerprint density at radius 2 is 1.29 bits per heavy atom. The van der Waals surface area contributed by atoms with Crippen molar-refractivity contribution in [3.63, 3.8) is 0 Å². The van der Waals surface area contributed by atoms with Gasteiger partial charge in [-0.2, -0.15) is 0 Å². The maximum absolute atomic E-state index is 4.96. The SMILES string of the molecule is CCCCN1CCN(c2cccc(N3CCN(CCCC)C3)n2)C1. The Bertz CT molecular complexity index is 465. The van der Waals surface area contributed by atoms with E-state index in [0.29, 0.717) is 0 Å². The zero-order valence-corrected chi connectivity index (χ0v) is 15.5. The van der Waals surface area contributed by atoms with Crippen LogP contribution in [0.4, 0.5) is 11.6 Å². The van der Waals surface area contributed by atoms with Gasteiger partial charge in [-0.05, 0) is 38.1 Å². The van der Waals surface area contributed by atoms with Crippen molar-refractivity contribution in [2.75, 3.05) is 62.4 Å². The highest BCUT2D eigenvalue weighted by atomic mass is 15.4. The summed E-state index contributed by atoms with van der Waals surface area (Å²) in [6.07, 6.45) is 5.13. The minimum absolute atomic E-state index is 1.03. The van der Waals surface area contributed by atoms with Gasteiger partial charge in [-0.1, -0.05) is 32.8 Å². The first-order valence-corrected chi connectivity index (χ1v) is 9.71. The summed E-state index contributed by atoms with van der Waals surface area (Å²) in [7, 11) is 0. The summed E-state index contributed by atoms with van der Waals surface area (Å²) in [4.78, 5) is 14.9. The summed E-state index contributed by atoms with van der Waals surface area (Å²) < 4.78 is 0. The van der Waals surface area contributed by atoms with E-state index in [1.165, 1.54) is 51.9 Å². The first-order valence-electron chi connectivity index (χ1n) is 9.71. The topological polar surface area (TPSA) is 25.9 Å². The normalized spacial score (nSPS) is 19.6. The number of rotatable bonds is 8. The zero-order valence-electron chi connectivity index (χ0n) is 15.5. The molecular formula is C19H33N5. The van der Waals surface area contributed by atoms with Crippen molar-refractivity contribution in [3.8, 4) is 0 Å². The molecule has 0 unspecified atom stereocenters. The number of unbranched alkanes of at least 4 members (excludes halogenated alkanes) is 2. The lowest BCUT2D eigenvalue weighted by Gasteiger charge is -2.22. The molecule has 0 spiro atoms. The molecule has 3 heterocycles. The number of hydrogen-bond acceptors (Lipinski definition) is 5. The summed E-state index contributed by atoms with van der Waals surface area (Å²) in [5.74, 6) is 2.28. The van der Waals surface area contributed by atoms with Crippen LogP contribution in [0.2, 0.25) is 0 Å². The Hall–Kier alpha value is -1.33. The predicted molar refractivity (Wildman–Crippen MR) is 102 cm³/mol. The molecule has 0 saturated carbocycles. The first kappa shape index (κ1) is 17.5. The van der Waals surface area contributed by atoms with Crippen molar-refractivity contribution in [1.82, 2.24) is 14.8 Å². The van der Waals surface area contributed by atoms with Crippen LogP contribution >= 0.6 is 0 Å². The van der Waals surface area contributed by atoms with E-state index in [9.17, 15) is 0 Å². The summed E-state index contributed by atoms with van der Waals surface area (Å²) in [6, 6.07) is 6.50. The van der Waals surface area contributed by atoms with Crippen molar-refractivity contribution in [3.05, 3.63) is 18.2 Å². The molecule has 2 fully saturated rings. The van der Waals surface area contributed by atoms with Crippen molar-refractivity contribution < 1.29 is 0 Å². The average Bonchev–Trinajstić information content (AvgIpc) is 3.28. The standard InChI is InChI=1S/C19H33N5/c1-3-5-10-21-12-14-23(16-21)18-8-7-9-19(20-18)24-15-13-22(17-24)11-6-4-2/h7-9H,3-6,10-17H2,1-2H3. The van der Waals surface area contributed by atoms with Crippen molar-refractivity contribution in [1.29, 1.82) is 0 Å². The molecular weight excluding hydrogens is 298 g/mol. The molecule has 134 valence electrons. The van der Waals surface area contributed by atoms with Gasteiger partial charge in [0.05, 0.1) is 13.3 Å². The second kappa shape index (κ2) is 8.67. The van der Waals surface area contributed by atoms with Gasteiger partial charge < -0.3 is 9.80 Å². The Kier molecular flexibility index (Phi) is 6.32. The van der Waals surface area contributed by atoms with Crippen LogP contribution in [0.5, 0.6) is 0 Å². The van der Waals surface area contributed by atoms with Gasteiger partial charge in [0.2, 0.25) is 0 Å². The van der Waals surface area contributed by atoms with Gasteiger partial charge >= 0.3 is 0 Å². The van der Waals surface area contributed by atoms with E-state index in [4.69, 9.17) is 4.98 Å². The van der Waals surface area contributed by atoms with Crippen LogP contribution < -0.4 is 9.80 Å². The molecule has 2 aliphatic heterocycles. The van der Waals surface area contributed by atoms with Crippen molar-refractivity contribution in [2.24, 2.45) is 0 Å². The number of hydrogen-bond donors (Lipinski definition) is 0. The second-order valence-corrected chi connectivity index (χ2v) is 7.11. The van der Waals surface area contributed by atoms with Crippen LogP contribution in [0.3, 0.4) is 0 Å². The van der Waals surface area contributed by atoms with Gasteiger partial charge in [0.1, 0.15) is 11.6 Å². The third-order valence-electron chi connectivity index (χ3n) is 5.14. The molecule has 3 rings (SSSR count). The molecule has 5 nitrogen and oxygen atoms in total. The molecule has 0 aromatic carbocycles. The summed E-state index contributed by atoms with van der Waals surface area (Å²) in [6.45, 7) is 13.5. The van der Waals surface area contributed by atoms with Gasteiger partial charge in [-0.15, -0.1) is 0 Å². The van der Waals surface area contributed by atoms with Gasteiger partial charge in [-0.25, -0.2) is 4.98 Å². The smallest absolute Gasteiger partial charge is 0.132 e. The molecule has 0 N–H and O–H groups in total. The first-order chi connectivity index (χ1) is 11.8. The molecule has 5 heteroatoms. The van der Waals surface area contributed by atoms with Crippen molar-refractivity contribution in [2.45, 2.75) is 39.5 Å². The van der Waals surface area contributed by atoms with Gasteiger partial charge in [-0.3, -0.25) is 9.80 Å². The van der Waals surface area contributed by atoms with Gasteiger partial charge in [0, 0.05) is 26.2 Å². The molecule has 24 heavy (non-hydrogen) atoms. The van der Waals surface area contributed by atoms with Crippen LogP contribution in [0.15, 0.2) is 18.2 Å². The lowest BCUT2D eigenvalue weighted by Crippen LogP contribution is -2.28. The molecule has 0 aliphatic carbocycles. The lowest BCUT2D eigenvalue weighted by molar-refractivity contribution is 0.334. The van der Waals surface area contributed by atoms with Crippen LogP contribution in [-0.2, 0) is 0 Å². The number of nitrogens with zero attached hydrogens (tertiary/aromatic N) is 5. The minimum atomic E-state index is 1.03. The van der Waals surface area contributed by atoms with E-state index in [1.54, 1.807) is 0 Å².